The minimum atomic E-state index is 0.744. The van der Waals surface area contributed by atoms with Gasteiger partial charge in [-0.3, -0.25) is 4.90 Å². The van der Waals surface area contributed by atoms with Gasteiger partial charge < -0.3 is 9.32 Å². The molecule has 3 fully saturated rings. The maximum absolute atomic E-state index is 6.06. The number of benzene rings is 1. The van der Waals surface area contributed by atoms with E-state index in [1.807, 2.05) is 6.07 Å². The van der Waals surface area contributed by atoms with Crippen molar-refractivity contribution in [2.24, 2.45) is 0 Å². The second kappa shape index (κ2) is 5.66. The first-order valence-electron chi connectivity index (χ1n) is 7.99. The van der Waals surface area contributed by atoms with Gasteiger partial charge in [-0.2, -0.15) is 0 Å². The third-order valence-corrected chi connectivity index (χ3v) is 4.86. The molecule has 4 heterocycles. The van der Waals surface area contributed by atoms with E-state index in [1.165, 1.54) is 39.0 Å². The summed E-state index contributed by atoms with van der Waals surface area (Å²) in [5, 5.41) is 0. The van der Waals surface area contributed by atoms with E-state index in [0.717, 1.165) is 29.7 Å². The van der Waals surface area contributed by atoms with Crippen molar-refractivity contribution >= 4 is 0 Å². The Morgan fingerprint density at radius 3 is 2.52 bits per heavy atom. The van der Waals surface area contributed by atoms with Crippen LogP contribution in [-0.2, 0) is 6.54 Å². The van der Waals surface area contributed by atoms with Gasteiger partial charge in [0.25, 0.3) is 0 Å². The molecule has 2 aromatic rings. The average Bonchev–Trinajstić information content (AvgIpc) is 2.84. The standard InChI is InChI=1S/C18H22N2O/c1-2-4-15(5-3-1)18-7-6-17(21-18)14-20-13-12-19-10-8-16(20)9-11-19/h1-7,16H,8-14H2. The molecule has 0 radical (unpaired) electrons. The lowest BCUT2D eigenvalue weighted by atomic mass is 10.1. The summed E-state index contributed by atoms with van der Waals surface area (Å²) in [5.74, 6) is 2.07. The molecule has 0 atom stereocenters. The lowest BCUT2D eigenvalue weighted by Gasteiger charge is -2.30. The van der Waals surface area contributed by atoms with Crippen LogP contribution in [-0.4, -0.2) is 42.0 Å². The molecule has 110 valence electrons. The van der Waals surface area contributed by atoms with Crippen LogP contribution >= 0.6 is 0 Å². The monoisotopic (exact) mass is 282 g/mol. The van der Waals surface area contributed by atoms with Crippen LogP contribution in [0.15, 0.2) is 46.9 Å². The van der Waals surface area contributed by atoms with Crippen molar-refractivity contribution in [3.05, 3.63) is 48.2 Å². The highest BCUT2D eigenvalue weighted by atomic mass is 16.3. The Morgan fingerprint density at radius 2 is 1.71 bits per heavy atom. The van der Waals surface area contributed by atoms with Crippen LogP contribution in [0.4, 0.5) is 0 Å². The van der Waals surface area contributed by atoms with Gasteiger partial charge in [0.1, 0.15) is 11.5 Å². The third-order valence-electron chi connectivity index (χ3n) is 4.86. The molecule has 5 rings (SSSR count). The minimum Gasteiger partial charge on any atom is -0.460 e. The number of hydrogen-bond donors (Lipinski definition) is 0. The van der Waals surface area contributed by atoms with Crippen LogP contribution in [0, 0.1) is 0 Å². The quantitative estimate of drug-likeness (QED) is 0.862. The molecule has 0 saturated carbocycles. The molecule has 0 unspecified atom stereocenters. The van der Waals surface area contributed by atoms with Crippen LogP contribution in [0.1, 0.15) is 18.6 Å². The van der Waals surface area contributed by atoms with Crippen molar-refractivity contribution in [1.29, 1.82) is 0 Å². The van der Waals surface area contributed by atoms with Crippen LogP contribution in [0.2, 0.25) is 0 Å². The fourth-order valence-corrected chi connectivity index (χ4v) is 3.59. The SMILES string of the molecule is c1ccc(-c2ccc(CN3CCN4CCC3CC4)o2)cc1. The molecule has 0 amide bonds. The normalized spacial score (nSPS) is 25.9. The van der Waals surface area contributed by atoms with E-state index in [0.29, 0.717) is 0 Å². The Labute approximate surface area is 126 Å². The molecular weight excluding hydrogens is 260 g/mol. The molecule has 21 heavy (non-hydrogen) atoms. The van der Waals surface area contributed by atoms with Gasteiger partial charge in [-0.1, -0.05) is 30.3 Å². The van der Waals surface area contributed by atoms with Gasteiger partial charge in [-0.15, -0.1) is 0 Å². The summed E-state index contributed by atoms with van der Waals surface area (Å²) in [5.41, 5.74) is 1.16. The van der Waals surface area contributed by atoms with E-state index in [2.05, 4.69) is 46.2 Å². The highest BCUT2D eigenvalue weighted by Crippen LogP contribution is 2.26. The van der Waals surface area contributed by atoms with Gasteiger partial charge in [0.2, 0.25) is 0 Å². The Bertz CT molecular complexity index is 584. The topological polar surface area (TPSA) is 19.6 Å². The third kappa shape index (κ3) is 2.76. The summed E-state index contributed by atoms with van der Waals surface area (Å²) in [6, 6.07) is 15.3. The highest BCUT2D eigenvalue weighted by molar-refractivity contribution is 5.57. The van der Waals surface area contributed by atoms with Crippen LogP contribution in [0.3, 0.4) is 0 Å². The van der Waals surface area contributed by atoms with E-state index in [1.54, 1.807) is 0 Å². The van der Waals surface area contributed by atoms with Gasteiger partial charge in [0.15, 0.2) is 0 Å². The maximum atomic E-state index is 6.06. The summed E-state index contributed by atoms with van der Waals surface area (Å²) >= 11 is 0. The van der Waals surface area contributed by atoms with Crippen molar-refractivity contribution in [2.45, 2.75) is 25.4 Å². The zero-order chi connectivity index (χ0) is 14.1. The molecule has 3 aliphatic rings. The average molecular weight is 282 g/mol. The van der Waals surface area contributed by atoms with Crippen LogP contribution in [0.25, 0.3) is 11.3 Å². The van der Waals surface area contributed by atoms with Crippen LogP contribution in [0.5, 0.6) is 0 Å². The van der Waals surface area contributed by atoms with E-state index in [9.17, 15) is 0 Å². The predicted molar refractivity (Wildman–Crippen MR) is 84.0 cm³/mol. The van der Waals surface area contributed by atoms with E-state index < -0.39 is 0 Å². The van der Waals surface area contributed by atoms with Crippen molar-refractivity contribution in [1.82, 2.24) is 9.80 Å². The first-order valence-corrected chi connectivity index (χ1v) is 7.99. The zero-order valence-corrected chi connectivity index (χ0v) is 12.4. The summed E-state index contributed by atoms with van der Waals surface area (Å²) in [4.78, 5) is 5.20. The lowest BCUT2D eigenvalue weighted by Crippen LogP contribution is -2.37. The van der Waals surface area contributed by atoms with Crippen molar-refractivity contribution in [3.63, 3.8) is 0 Å². The molecule has 3 aliphatic heterocycles. The molecule has 0 spiro atoms. The molecule has 3 saturated heterocycles. The zero-order valence-electron chi connectivity index (χ0n) is 12.4. The van der Waals surface area contributed by atoms with Gasteiger partial charge in [0, 0.05) is 24.7 Å². The smallest absolute Gasteiger partial charge is 0.134 e. The Balaban J connectivity index is 1.49. The Hall–Kier alpha value is -1.58. The van der Waals surface area contributed by atoms with Gasteiger partial charge in [-0.05, 0) is 38.1 Å². The van der Waals surface area contributed by atoms with Crippen molar-refractivity contribution < 1.29 is 4.42 Å². The number of furan rings is 1. The minimum absolute atomic E-state index is 0.744. The molecule has 3 nitrogen and oxygen atoms in total. The van der Waals surface area contributed by atoms with E-state index in [-0.39, 0.29) is 0 Å². The number of rotatable bonds is 3. The largest absolute Gasteiger partial charge is 0.460 e. The summed E-state index contributed by atoms with van der Waals surface area (Å²) in [6.45, 7) is 5.88. The Morgan fingerprint density at radius 1 is 0.905 bits per heavy atom. The second-order valence-electron chi connectivity index (χ2n) is 6.18. The fourth-order valence-electron chi connectivity index (χ4n) is 3.59. The number of piperidine rings is 1. The number of fused-ring (bicyclic) bond motifs is 4. The molecule has 1 aromatic heterocycles. The van der Waals surface area contributed by atoms with Gasteiger partial charge >= 0.3 is 0 Å². The number of hydrogen-bond acceptors (Lipinski definition) is 3. The first kappa shape index (κ1) is 13.1. The van der Waals surface area contributed by atoms with E-state index in [4.69, 9.17) is 4.42 Å². The van der Waals surface area contributed by atoms with Gasteiger partial charge in [0.05, 0.1) is 6.54 Å². The Kier molecular flexibility index (Phi) is 3.53. The van der Waals surface area contributed by atoms with Crippen molar-refractivity contribution in [2.75, 3.05) is 26.2 Å². The molecule has 0 N–H and O–H groups in total. The molecule has 2 bridgehead atoms. The second-order valence-corrected chi connectivity index (χ2v) is 6.18. The van der Waals surface area contributed by atoms with Gasteiger partial charge in [-0.25, -0.2) is 0 Å². The molecule has 1 aromatic carbocycles. The van der Waals surface area contributed by atoms with Crippen LogP contribution < -0.4 is 0 Å². The predicted octanol–water partition coefficient (Wildman–Crippen LogP) is 3.23. The summed E-state index contributed by atoms with van der Waals surface area (Å²) < 4.78 is 6.06. The first-order chi connectivity index (χ1) is 10.4. The molecule has 3 heteroatoms. The summed E-state index contributed by atoms with van der Waals surface area (Å²) in [7, 11) is 0. The number of nitrogens with zero attached hydrogens (tertiary/aromatic N) is 2. The highest BCUT2D eigenvalue weighted by Gasteiger charge is 2.29. The lowest BCUT2D eigenvalue weighted by molar-refractivity contribution is 0.167. The molecular formula is C18H22N2O. The molecule has 0 aliphatic carbocycles. The maximum Gasteiger partial charge on any atom is 0.134 e. The summed E-state index contributed by atoms with van der Waals surface area (Å²) in [6.07, 6.45) is 2.62. The fraction of sp³-hybridized carbons (Fsp3) is 0.444. The van der Waals surface area contributed by atoms with E-state index >= 15 is 0 Å². The van der Waals surface area contributed by atoms with Crippen molar-refractivity contribution in [3.8, 4) is 11.3 Å².